The highest BCUT2D eigenvalue weighted by molar-refractivity contribution is 7.89. The Morgan fingerprint density at radius 1 is 1.26 bits per heavy atom. The van der Waals surface area contributed by atoms with Crippen LogP contribution in [0.15, 0.2) is 23.1 Å². The Morgan fingerprint density at radius 2 is 1.96 bits per heavy atom. The fourth-order valence-corrected chi connectivity index (χ4v) is 4.66. The molecule has 7 nitrogen and oxygen atoms in total. The molecule has 27 heavy (non-hydrogen) atoms. The molecule has 0 bridgehead atoms. The molecule has 2 heterocycles. The van der Waals surface area contributed by atoms with Crippen molar-refractivity contribution >= 4 is 21.6 Å². The lowest BCUT2D eigenvalue weighted by Crippen LogP contribution is -2.50. The zero-order valence-corrected chi connectivity index (χ0v) is 17.2. The summed E-state index contributed by atoms with van der Waals surface area (Å²) in [6.07, 6.45) is 3.18. The van der Waals surface area contributed by atoms with Crippen molar-refractivity contribution in [2.45, 2.75) is 37.1 Å². The number of benzene rings is 1. The van der Waals surface area contributed by atoms with E-state index in [1.54, 1.807) is 12.1 Å². The van der Waals surface area contributed by atoms with Gasteiger partial charge < -0.3 is 15.5 Å². The van der Waals surface area contributed by atoms with Gasteiger partial charge in [0.25, 0.3) is 5.91 Å². The first-order valence-electron chi connectivity index (χ1n) is 9.64. The van der Waals surface area contributed by atoms with Gasteiger partial charge in [0.1, 0.15) is 0 Å². The highest BCUT2D eigenvalue weighted by Gasteiger charge is 2.27. The van der Waals surface area contributed by atoms with Crippen molar-refractivity contribution in [1.29, 1.82) is 0 Å². The van der Waals surface area contributed by atoms with E-state index >= 15 is 0 Å². The summed E-state index contributed by atoms with van der Waals surface area (Å²) in [4.78, 5) is 15.4. The van der Waals surface area contributed by atoms with Crippen LogP contribution in [0.4, 0.5) is 5.69 Å². The van der Waals surface area contributed by atoms with E-state index in [0.717, 1.165) is 51.1 Å². The number of sulfonamides is 1. The van der Waals surface area contributed by atoms with E-state index in [4.69, 9.17) is 0 Å². The van der Waals surface area contributed by atoms with Crippen LogP contribution >= 0.6 is 0 Å². The van der Waals surface area contributed by atoms with Gasteiger partial charge >= 0.3 is 0 Å². The SMILES string of the molecule is CC1CCNCC1NC(=O)c1cc(S(=O)(=O)N(C)C)ccc1N1CCCC1. The standard InChI is InChI=1S/C19H30N4O3S/c1-14-8-9-20-13-17(14)21-19(24)16-12-15(27(25,26)22(2)3)6-7-18(16)23-10-4-5-11-23/h6-7,12,14,17,20H,4-5,8-11,13H2,1-3H3,(H,21,24). The molecule has 150 valence electrons. The van der Waals surface area contributed by atoms with Gasteiger partial charge in [0.2, 0.25) is 10.0 Å². The second-order valence-electron chi connectivity index (χ2n) is 7.71. The van der Waals surface area contributed by atoms with Crippen LogP contribution in [-0.2, 0) is 10.0 Å². The summed E-state index contributed by atoms with van der Waals surface area (Å²) in [6, 6.07) is 4.95. The first-order valence-corrected chi connectivity index (χ1v) is 11.1. The third kappa shape index (κ3) is 4.28. The van der Waals surface area contributed by atoms with E-state index < -0.39 is 10.0 Å². The highest BCUT2D eigenvalue weighted by Crippen LogP contribution is 2.28. The molecular weight excluding hydrogens is 364 g/mol. The maximum Gasteiger partial charge on any atom is 0.253 e. The zero-order chi connectivity index (χ0) is 19.6. The van der Waals surface area contributed by atoms with Crippen LogP contribution in [0.1, 0.15) is 36.5 Å². The summed E-state index contributed by atoms with van der Waals surface area (Å²) >= 11 is 0. The molecule has 2 atom stereocenters. The topological polar surface area (TPSA) is 81.7 Å². The number of piperidine rings is 1. The molecule has 1 aromatic rings. The van der Waals surface area contributed by atoms with E-state index in [9.17, 15) is 13.2 Å². The first-order chi connectivity index (χ1) is 12.8. The molecule has 0 aliphatic carbocycles. The maximum absolute atomic E-state index is 13.1. The van der Waals surface area contributed by atoms with Crippen molar-refractivity contribution in [1.82, 2.24) is 14.9 Å². The van der Waals surface area contributed by atoms with E-state index in [0.29, 0.717) is 11.5 Å². The van der Waals surface area contributed by atoms with Gasteiger partial charge in [0.05, 0.1) is 10.5 Å². The van der Waals surface area contributed by atoms with Crippen molar-refractivity contribution in [2.24, 2.45) is 5.92 Å². The summed E-state index contributed by atoms with van der Waals surface area (Å²) in [5, 5.41) is 6.43. The number of carbonyl (C=O) groups excluding carboxylic acids is 1. The Kier molecular flexibility index (Phi) is 6.08. The monoisotopic (exact) mass is 394 g/mol. The lowest BCUT2D eigenvalue weighted by Gasteiger charge is -2.31. The summed E-state index contributed by atoms with van der Waals surface area (Å²) < 4.78 is 26.3. The molecule has 0 saturated carbocycles. The van der Waals surface area contributed by atoms with Crippen molar-refractivity contribution < 1.29 is 13.2 Å². The number of rotatable bonds is 5. The molecule has 0 spiro atoms. The van der Waals surface area contributed by atoms with Crippen LogP contribution in [-0.4, -0.2) is 64.9 Å². The first kappa shape index (κ1) is 20.1. The maximum atomic E-state index is 13.1. The van der Waals surface area contributed by atoms with Crippen LogP contribution in [0.5, 0.6) is 0 Å². The third-order valence-corrected chi connectivity index (χ3v) is 7.39. The summed E-state index contributed by atoms with van der Waals surface area (Å²) in [7, 11) is -0.597. The molecule has 2 fully saturated rings. The predicted molar refractivity (Wildman–Crippen MR) is 107 cm³/mol. The number of nitrogens with one attached hydrogen (secondary N) is 2. The second-order valence-corrected chi connectivity index (χ2v) is 9.86. The minimum atomic E-state index is -3.59. The number of hydrogen-bond acceptors (Lipinski definition) is 5. The van der Waals surface area contributed by atoms with Gasteiger partial charge in [0, 0.05) is 45.5 Å². The molecule has 2 unspecified atom stereocenters. The third-order valence-electron chi connectivity index (χ3n) is 5.58. The Balaban J connectivity index is 1.95. The molecule has 2 saturated heterocycles. The lowest BCUT2D eigenvalue weighted by atomic mass is 9.94. The average molecular weight is 395 g/mol. The van der Waals surface area contributed by atoms with Crippen molar-refractivity contribution in [3.63, 3.8) is 0 Å². The van der Waals surface area contributed by atoms with Crippen LogP contribution in [0.3, 0.4) is 0 Å². The van der Waals surface area contributed by atoms with Gasteiger partial charge in [-0.15, -0.1) is 0 Å². The number of nitrogens with zero attached hydrogens (tertiary/aromatic N) is 2. The molecule has 3 rings (SSSR count). The predicted octanol–water partition coefficient (Wildman–Crippen LogP) is 1.26. The van der Waals surface area contributed by atoms with Gasteiger partial charge in [-0.25, -0.2) is 12.7 Å². The largest absolute Gasteiger partial charge is 0.371 e. The van der Waals surface area contributed by atoms with E-state index in [1.165, 1.54) is 24.5 Å². The minimum absolute atomic E-state index is 0.0480. The molecule has 2 aliphatic rings. The average Bonchev–Trinajstić information content (AvgIpc) is 3.17. The molecule has 2 aliphatic heterocycles. The zero-order valence-electron chi connectivity index (χ0n) is 16.4. The number of amides is 1. The Bertz CT molecular complexity index is 788. The second kappa shape index (κ2) is 8.16. The van der Waals surface area contributed by atoms with Crippen LogP contribution in [0.2, 0.25) is 0 Å². The number of carbonyl (C=O) groups is 1. The van der Waals surface area contributed by atoms with Crippen LogP contribution < -0.4 is 15.5 Å². The molecule has 0 aromatic heterocycles. The van der Waals surface area contributed by atoms with Crippen LogP contribution in [0, 0.1) is 5.92 Å². The molecule has 1 amide bonds. The number of hydrogen-bond donors (Lipinski definition) is 2. The van der Waals surface area contributed by atoms with Gasteiger partial charge in [-0.2, -0.15) is 0 Å². The fourth-order valence-electron chi connectivity index (χ4n) is 3.73. The Hall–Kier alpha value is -1.64. The van der Waals surface area contributed by atoms with E-state index in [-0.39, 0.29) is 16.8 Å². The van der Waals surface area contributed by atoms with Gasteiger partial charge in [-0.1, -0.05) is 6.92 Å². The van der Waals surface area contributed by atoms with Crippen LogP contribution in [0.25, 0.3) is 0 Å². The quantitative estimate of drug-likeness (QED) is 0.786. The summed E-state index contributed by atoms with van der Waals surface area (Å²) in [5.74, 6) is 0.187. The molecular formula is C19H30N4O3S. The molecule has 1 aromatic carbocycles. The van der Waals surface area contributed by atoms with E-state index in [1.807, 2.05) is 0 Å². The van der Waals surface area contributed by atoms with Gasteiger partial charge in [-0.3, -0.25) is 4.79 Å². The van der Waals surface area contributed by atoms with Gasteiger partial charge in [0.15, 0.2) is 0 Å². The summed E-state index contributed by atoms with van der Waals surface area (Å²) in [5.41, 5.74) is 1.26. The summed E-state index contributed by atoms with van der Waals surface area (Å²) in [6.45, 7) is 5.62. The molecule has 0 radical (unpaired) electrons. The number of anilines is 1. The Morgan fingerprint density at radius 3 is 2.59 bits per heavy atom. The molecule has 8 heteroatoms. The van der Waals surface area contributed by atoms with Crippen molar-refractivity contribution in [2.75, 3.05) is 45.2 Å². The van der Waals surface area contributed by atoms with Gasteiger partial charge in [-0.05, 0) is 49.9 Å². The van der Waals surface area contributed by atoms with Crippen molar-refractivity contribution in [3.8, 4) is 0 Å². The van der Waals surface area contributed by atoms with Crippen molar-refractivity contribution in [3.05, 3.63) is 23.8 Å². The normalized spacial score (nSPS) is 23.6. The smallest absolute Gasteiger partial charge is 0.253 e. The molecule has 2 N–H and O–H groups in total. The minimum Gasteiger partial charge on any atom is -0.371 e. The Labute approximate surface area is 162 Å². The highest BCUT2D eigenvalue weighted by atomic mass is 32.2. The lowest BCUT2D eigenvalue weighted by molar-refractivity contribution is 0.0915. The fraction of sp³-hybridized carbons (Fsp3) is 0.632. The van der Waals surface area contributed by atoms with E-state index in [2.05, 4.69) is 22.5 Å².